The summed E-state index contributed by atoms with van der Waals surface area (Å²) < 4.78 is 0. The van der Waals surface area contributed by atoms with Gasteiger partial charge in [-0.1, -0.05) is 0 Å². The summed E-state index contributed by atoms with van der Waals surface area (Å²) in [5, 5.41) is 13.0. The summed E-state index contributed by atoms with van der Waals surface area (Å²) in [6, 6.07) is 0.465. The summed E-state index contributed by atoms with van der Waals surface area (Å²) in [7, 11) is 0. The number of nitrogens with zero attached hydrogens (tertiary/aromatic N) is 1. The lowest BCUT2D eigenvalue weighted by molar-refractivity contribution is 0.0633. The summed E-state index contributed by atoms with van der Waals surface area (Å²) in [6.45, 7) is 4.40. The van der Waals surface area contributed by atoms with Crippen molar-refractivity contribution in [2.45, 2.75) is 31.4 Å². The summed E-state index contributed by atoms with van der Waals surface area (Å²) in [4.78, 5) is 2.44. The van der Waals surface area contributed by atoms with Crippen molar-refractivity contribution >= 4 is 0 Å². The molecule has 0 radical (unpaired) electrons. The van der Waals surface area contributed by atoms with Gasteiger partial charge in [0.2, 0.25) is 0 Å². The van der Waals surface area contributed by atoms with Crippen LogP contribution in [0.5, 0.6) is 0 Å². The molecule has 0 amide bonds. The normalized spacial score (nSPS) is 38.8. The van der Waals surface area contributed by atoms with Gasteiger partial charge in [0.15, 0.2) is 0 Å². The Bertz CT molecular complexity index is 145. The van der Waals surface area contributed by atoms with E-state index in [9.17, 15) is 5.11 Å². The molecule has 3 heteroatoms. The zero-order chi connectivity index (χ0) is 8.39. The minimum Gasteiger partial charge on any atom is -0.391 e. The highest BCUT2D eigenvalue weighted by Gasteiger charge is 2.30. The van der Waals surface area contributed by atoms with Gasteiger partial charge >= 0.3 is 0 Å². The molecule has 0 aromatic carbocycles. The second kappa shape index (κ2) is 3.73. The third-order valence-corrected chi connectivity index (χ3v) is 3.06. The first kappa shape index (κ1) is 8.48. The molecule has 0 aromatic heterocycles. The van der Waals surface area contributed by atoms with Crippen LogP contribution in [-0.4, -0.2) is 48.3 Å². The number of piperazine rings is 1. The van der Waals surface area contributed by atoms with E-state index in [0.717, 1.165) is 32.6 Å². The summed E-state index contributed by atoms with van der Waals surface area (Å²) in [5.41, 5.74) is 0. The summed E-state index contributed by atoms with van der Waals surface area (Å²) in [5.74, 6) is 0. The van der Waals surface area contributed by atoms with Crippen LogP contribution in [0.25, 0.3) is 0 Å². The Morgan fingerprint density at radius 3 is 2.50 bits per heavy atom. The molecule has 12 heavy (non-hydrogen) atoms. The lowest BCUT2D eigenvalue weighted by atomic mass is 10.1. The zero-order valence-corrected chi connectivity index (χ0v) is 7.50. The van der Waals surface area contributed by atoms with Gasteiger partial charge < -0.3 is 10.4 Å². The van der Waals surface area contributed by atoms with Gasteiger partial charge in [0.25, 0.3) is 0 Å². The largest absolute Gasteiger partial charge is 0.391 e. The third-order valence-electron chi connectivity index (χ3n) is 3.06. The maximum absolute atomic E-state index is 9.68. The molecule has 2 fully saturated rings. The lowest BCUT2D eigenvalue weighted by Crippen LogP contribution is -2.50. The average Bonchev–Trinajstić information content (AvgIpc) is 2.53. The van der Waals surface area contributed by atoms with Crippen LogP contribution in [0.3, 0.4) is 0 Å². The molecular weight excluding hydrogens is 152 g/mol. The monoisotopic (exact) mass is 170 g/mol. The SMILES string of the molecule is O[C@@H]1CCC[C@H]1N1CCNCC1. The van der Waals surface area contributed by atoms with Gasteiger partial charge in [-0.05, 0) is 19.3 Å². The van der Waals surface area contributed by atoms with Crippen LogP contribution < -0.4 is 5.32 Å². The van der Waals surface area contributed by atoms with Crippen LogP contribution in [0.15, 0.2) is 0 Å². The molecule has 2 N–H and O–H groups in total. The quantitative estimate of drug-likeness (QED) is 0.572. The van der Waals surface area contributed by atoms with E-state index in [4.69, 9.17) is 0 Å². The number of aliphatic hydroxyl groups is 1. The van der Waals surface area contributed by atoms with Crippen LogP contribution in [-0.2, 0) is 0 Å². The number of rotatable bonds is 1. The van der Waals surface area contributed by atoms with E-state index in [0.29, 0.717) is 6.04 Å². The fourth-order valence-electron chi connectivity index (χ4n) is 2.36. The molecule has 0 bridgehead atoms. The van der Waals surface area contributed by atoms with E-state index in [1.54, 1.807) is 0 Å². The van der Waals surface area contributed by atoms with E-state index in [2.05, 4.69) is 10.2 Å². The highest BCUT2D eigenvalue weighted by Crippen LogP contribution is 2.24. The minimum atomic E-state index is -0.0527. The van der Waals surface area contributed by atoms with Gasteiger partial charge in [-0.3, -0.25) is 4.90 Å². The Morgan fingerprint density at radius 2 is 1.92 bits per heavy atom. The van der Waals surface area contributed by atoms with Crippen molar-refractivity contribution in [1.82, 2.24) is 10.2 Å². The molecule has 2 rings (SSSR count). The van der Waals surface area contributed by atoms with Crippen LogP contribution in [0.4, 0.5) is 0 Å². The summed E-state index contributed by atoms with van der Waals surface area (Å²) in [6.07, 6.45) is 3.36. The molecule has 1 aliphatic heterocycles. The molecule has 2 atom stereocenters. The Labute approximate surface area is 73.8 Å². The first-order valence-electron chi connectivity index (χ1n) is 5.01. The zero-order valence-electron chi connectivity index (χ0n) is 7.50. The van der Waals surface area contributed by atoms with Crippen LogP contribution in [0.1, 0.15) is 19.3 Å². The first-order chi connectivity index (χ1) is 5.88. The predicted molar refractivity (Wildman–Crippen MR) is 48.1 cm³/mol. The Hall–Kier alpha value is -0.120. The minimum absolute atomic E-state index is 0.0527. The number of nitrogens with one attached hydrogen (secondary N) is 1. The highest BCUT2D eigenvalue weighted by atomic mass is 16.3. The number of aliphatic hydroxyl groups excluding tert-OH is 1. The number of hydrogen-bond donors (Lipinski definition) is 2. The maximum atomic E-state index is 9.68. The van der Waals surface area contributed by atoms with E-state index >= 15 is 0 Å². The van der Waals surface area contributed by atoms with Gasteiger partial charge in [-0.25, -0.2) is 0 Å². The van der Waals surface area contributed by atoms with Gasteiger partial charge in [0.1, 0.15) is 0 Å². The van der Waals surface area contributed by atoms with Crippen LogP contribution >= 0.6 is 0 Å². The van der Waals surface area contributed by atoms with E-state index in [-0.39, 0.29) is 6.10 Å². The van der Waals surface area contributed by atoms with Gasteiger partial charge in [-0.2, -0.15) is 0 Å². The topological polar surface area (TPSA) is 35.5 Å². The van der Waals surface area contributed by atoms with Gasteiger partial charge in [0.05, 0.1) is 6.10 Å². The van der Waals surface area contributed by atoms with Gasteiger partial charge in [0, 0.05) is 32.2 Å². The maximum Gasteiger partial charge on any atom is 0.0695 e. The molecule has 0 spiro atoms. The van der Waals surface area contributed by atoms with E-state index in [1.165, 1.54) is 12.8 Å². The Balaban J connectivity index is 1.89. The summed E-state index contributed by atoms with van der Waals surface area (Å²) >= 11 is 0. The molecule has 3 nitrogen and oxygen atoms in total. The second-order valence-electron chi connectivity index (χ2n) is 3.85. The fourth-order valence-corrected chi connectivity index (χ4v) is 2.36. The molecular formula is C9H18N2O. The predicted octanol–water partition coefficient (Wildman–Crippen LogP) is -0.195. The average molecular weight is 170 g/mol. The van der Waals surface area contributed by atoms with Crippen molar-refractivity contribution in [3.05, 3.63) is 0 Å². The molecule has 1 heterocycles. The lowest BCUT2D eigenvalue weighted by Gasteiger charge is -2.34. The van der Waals surface area contributed by atoms with E-state index < -0.39 is 0 Å². The second-order valence-corrected chi connectivity index (χ2v) is 3.85. The molecule has 1 aliphatic carbocycles. The number of hydrogen-bond acceptors (Lipinski definition) is 3. The van der Waals surface area contributed by atoms with Crippen molar-refractivity contribution in [1.29, 1.82) is 0 Å². The van der Waals surface area contributed by atoms with Crippen molar-refractivity contribution in [3.8, 4) is 0 Å². The third kappa shape index (κ3) is 1.63. The smallest absolute Gasteiger partial charge is 0.0695 e. The Kier molecular flexibility index (Phi) is 2.63. The van der Waals surface area contributed by atoms with Crippen LogP contribution in [0.2, 0.25) is 0 Å². The fraction of sp³-hybridized carbons (Fsp3) is 1.00. The van der Waals surface area contributed by atoms with Crippen molar-refractivity contribution in [2.24, 2.45) is 0 Å². The first-order valence-corrected chi connectivity index (χ1v) is 5.01. The standard InChI is InChI=1S/C9H18N2O/c12-9-3-1-2-8(9)11-6-4-10-5-7-11/h8-10,12H,1-7H2/t8-,9-/m1/s1. The molecule has 0 unspecified atom stereocenters. The van der Waals surface area contributed by atoms with Crippen molar-refractivity contribution in [2.75, 3.05) is 26.2 Å². The molecule has 1 saturated heterocycles. The van der Waals surface area contributed by atoms with Crippen molar-refractivity contribution < 1.29 is 5.11 Å². The molecule has 2 aliphatic rings. The van der Waals surface area contributed by atoms with Crippen molar-refractivity contribution in [3.63, 3.8) is 0 Å². The molecule has 0 aromatic rings. The Morgan fingerprint density at radius 1 is 1.17 bits per heavy atom. The van der Waals surface area contributed by atoms with Crippen LogP contribution in [0, 0.1) is 0 Å². The molecule has 70 valence electrons. The highest BCUT2D eigenvalue weighted by molar-refractivity contribution is 4.86. The molecule has 1 saturated carbocycles. The van der Waals surface area contributed by atoms with Gasteiger partial charge in [-0.15, -0.1) is 0 Å². The van der Waals surface area contributed by atoms with E-state index in [1.807, 2.05) is 0 Å².